The Morgan fingerprint density at radius 3 is 2.95 bits per heavy atom. The summed E-state index contributed by atoms with van der Waals surface area (Å²) in [7, 11) is 2.02. The van der Waals surface area contributed by atoms with Crippen molar-refractivity contribution in [1.82, 2.24) is 14.9 Å². The Hall–Kier alpha value is -1.84. The highest BCUT2D eigenvalue weighted by atomic mass is 16.1. The van der Waals surface area contributed by atoms with Gasteiger partial charge in [0.25, 0.3) is 0 Å². The number of nitrogens with one attached hydrogen (secondary N) is 1. The third kappa shape index (κ3) is 2.48. The predicted octanol–water partition coefficient (Wildman–Crippen LogP) is 2.55. The number of hydrogen-bond acceptors (Lipinski definition) is 2. The van der Waals surface area contributed by atoms with Crippen LogP contribution in [0, 0.1) is 5.92 Å². The number of para-hydroxylation sites is 2. The van der Waals surface area contributed by atoms with E-state index in [0.29, 0.717) is 0 Å². The smallest absolute Gasteiger partial charge is 0.207 e. The normalized spacial score (nSPS) is 16.5. The van der Waals surface area contributed by atoms with Crippen LogP contribution in [0.5, 0.6) is 0 Å². The Morgan fingerprint density at radius 2 is 2.26 bits per heavy atom. The molecule has 4 heteroatoms. The monoisotopic (exact) mass is 257 g/mol. The number of carbonyl (C=O) groups is 1. The summed E-state index contributed by atoms with van der Waals surface area (Å²) in [5.41, 5.74) is 2.10. The highest BCUT2D eigenvalue weighted by Crippen LogP contribution is 2.36. The molecule has 1 fully saturated rings. The lowest BCUT2D eigenvalue weighted by atomic mass is 10.1. The van der Waals surface area contributed by atoms with Crippen LogP contribution in [0.3, 0.4) is 0 Å². The summed E-state index contributed by atoms with van der Waals surface area (Å²) >= 11 is 0. The maximum Gasteiger partial charge on any atom is 0.207 e. The van der Waals surface area contributed by atoms with E-state index in [0.717, 1.165) is 35.6 Å². The largest absolute Gasteiger partial charge is 0.349 e. The fraction of sp³-hybridized carbons (Fsp3) is 0.467. The average molecular weight is 257 g/mol. The van der Waals surface area contributed by atoms with Crippen LogP contribution in [-0.2, 0) is 11.8 Å². The molecule has 1 N–H and O–H groups in total. The maximum absolute atomic E-state index is 10.8. The van der Waals surface area contributed by atoms with Crippen LogP contribution >= 0.6 is 0 Å². The molecular formula is C15H19N3O. The molecule has 1 saturated carbocycles. The molecule has 100 valence electrons. The Labute approximate surface area is 112 Å². The quantitative estimate of drug-likeness (QED) is 0.808. The Bertz CT molecular complexity index is 586. The first-order valence-corrected chi connectivity index (χ1v) is 6.90. The summed E-state index contributed by atoms with van der Waals surface area (Å²) in [5.74, 6) is 1.82. The van der Waals surface area contributed by atoms with E-state index in [1.54, 1.807) is 0 Å². The van der Waals surface area contributed by atoms with Crippen molar-refractivity contribution < 1.29 is 4.79 Å². The van der Waals surface area contributed by atoms with Gasteiger partial charge >= 0.3 is 0 Å². The summed E-state index contributed by atoms with van der Waals surface area (Å²) < 4.78 is 2.09. The summed E-state index contributed by atoms with van der Waals surface area (Å²) in [6, 6.07) is 8.10. The van der Waals surface area contributed by atoms with E-state index < -0.39 is 0 Å². The second kappa shape index (κ2) is 5.03. The molecule has 2 aromatic rings. The molecule has 19 heavy (non-hydrogen) atoms. The first-order valence-electron chi connectivity index (χ1n) is 6.90. The second-order valence-electron chi connectivity index (χ2n) is 5.38. The van der Waals surface area contributed by atoms with Crippen LogP contribution in [0.4, 0.5) is 0 Å². The van der Waals surface area contributed by atoms with Gasteiger partial charge in [0.15, 0.2) is 0 Å². The molecule has 0 radical (unpaired) electrons. The molecule has 0 saturated heterocycles. The van der Waals surface area contributed by atoms with E-state index >= 15 is 0 Å². The van der Waals surface area contributed by atoms with E-state index in [1.807, 2.05) is 25.2 Å². The van der Waals surface area contributed by atoms with Gasteiger partial charge in [0.05, 0.1) is 17.1 Å². The van der Waals surface area contributed by atoms with Crippen molar-refractivity contribution >= 4 is 17.4 Å². The molecule has 3 rings (SSSR count). The van der Waals surface area contributed by atoms with Crippen LogP contribution in [0.15, 0.2) is 24.3 Å². The van der Waals surface area contributed by atoms with E-state index in [-0.39, 0.29) is 6.04 Å². The number of rotatable bonds is 6. The molecule has 0 spiro atoms. The van der Waals surface area contributed by atoms with E-state index in [4.69, 9.17) is 0 Å². The minimum Gasteiger partial charge on any atom is -0.349 e. The standard InChI is InChI=1S/C15H19N3O/c1-18-14-5-3-2-4-12(14)17-15(18)13(16-10-19)9-8-11-6-7-11/h2-5,10-11,13H,6-9H2,1H3,(H,16,19). The minimum atomic E-state index is 0.0236. The highest BCUT2D eigenvalue weighted by Gasteiger charge is 2.25. The number of carbonyl (C=O) groups excluding carboxylic acids is 1. The first kappa shape index (κ1) is 12.2. The second-order valence-corrected chi connectivity index (χ2v) is 5.38. The molecule has 1 heterocycles. The third-order valence-electron chi connectivity index (χ3n) is 3.96. The number of aryl methyl sites for hydroxylation is 1. The van der Waals surface area contributed by atoms with Crippen molar-refractivity contribution in [1.29, 1.82) is 0 Å². The third-order valence-corrected chi connectivity index (χ3v) is 3.96. The molecular weight excluding hydrogens is 238 g/mol. The molecule has 1 aliphatic rings. The number of aromatic nitrogens is 2. The first-order chi connectivity index (χ1) is 9.29. The van der Waals surface area contributed by atoms with Gasteiger partial charge in [0, 0.05) is 7.05 Å². The molecule has 4 nitrogen and oxygen atoms in total. The van der Waals surface area contributed by atoms with Crippen LogP contribution in [0.2, 0.25) is 0 Å². The van der Waals surface area contributed by atoms with Crippen molar-refractivity contribution in [2.24, 2.45) is 13.0 Å². The van der Waals surface area contributed by atoms with Crippen molar-refractivity contribution in [2.45, 2.75) is 31.7 Å². The van der Waals surface area contributed by atoms with Crippen LogP contribution in [0.1, 0.15) is 37.5 Å². The van der Waals surface area contributed by atoms with Gasteiger partial charge in [-0.15, -0.1) is 0 Å². The molecule has 0 aliphatic heterocycles. The lowest BCUT2D eigenvalue weighted by molar-refractivity contribution is -0.110. The van der Waals surface area contributed by atoms with Gasteiger partial charge in [-0.05, 0) is 30.9 Å². The fourth-order valence-corrected chi connectivity index (χ4v) is 2.65. The predicted molar refractivity (Wildman–Crippen MR) is 74.6 cm³/mol. The summed E-state index contributed by atoms with van der Waals surface area (Å²) in [4.78, 5) is 15.5. The number of nitrogens with zero attached hydrogens (tertiary/aromatic N) is 2. The lowest BCUT2D eigenvalue weighted by Gasteiger charge is -2.15. The molecule has 1 atom stereocenters. The molecule has 0 bridgehead atoms. The SMILES string of the molecule is Cn1c(C(CCC2CC2)NC=O)nc2ccccc21. The highest BCUT2D eigenvalue weighted by molar-refractivity contribution is 5.75. The van der Waals surface area contributed by atoms with Crippen molar-refractivity contribution in [2.75, 3.05) is 0 Å². The van der Waals surface area contributed by atoms with E-state index in [9.17, 15) is 4.79 Å². The number of amides is 1. The van der Waals surface area contributed by atoms with Crippen molar-refractivity contribution in [3.05, 3.63) is 30.1 Å². The number of benzene rings is 1. The van der Waals surface area contributed by atoms with E-state index in [2.05, 4.69) is 20.9 Å². The number of fused-ring (bicyclic) bond motifs is 1. The zero-order valence-electron chi connectivity index (χ0n) is 11.2. The zero-order chi connectivity index (χ0) is 13.2. The van der Waals surface area contributed by atoms with Crippen LogP contribution in [-0.4, -0.2) is 16.0 Å². The summed E-state index contributed by atoms with van der Waals surface area (Å²) in [5, 5.41) is 2.92. The minimum absolute atomic E-state index is 0.0236. The number of hydrogen-bond donors (Lipinski definition) is 1. The fourth-order valence-electron chi connectivity index (χ4n) is 2.65. The summed E-state index contributed by atoms with van der Waals surface area (Å²) in [6.45, 7) is 0. The van der Waals surface area contributed by atoms with Crippen LogP contribution in [0.25, 0.3) is 11.0 Å². The summed E-state index contributed by atoms with van der Waals surface area (Å²) in [6.07, 6.45) is 5.62. The topological polar surface area (TPSA) is 46.9 Å². The maximum atomic E-state index is 10.8. The van der Waals surface area contributed by atoms with Gasteiger partial charge in [0.1, 0.15) is 5.82 Å². The Morgan fingerprint density at radius 1 is 1.47 bits per heavy atom. The van der Waals surface area contributed by atoms with Crippen LogP contribution < -0.4 is 5.32 Å². The molecule has 1 aromatic heterocycles. The Balaban J connectivity index is 1.89. The van der Waals surface area contributed by atoms with Gasteiger partial charge in [0.2, 0.25) is 6.41 Å². The molecule has 1 amide bonds. The van der Waals surface area contributed by atoms with Gasteiger partial charge in [-0.2, -0.15) is 0 Å². The van der Waals surface area contributed by atoms with Gasteiger partial charge in [-0.1, -0.05) is 25.0 Å². The molecule has 1 aliphatic carbocycles. The van der Waals surface area contributed by atoms with Gasteiger partial charge in [-0.3, -0.25) is 4.79 Å². The van der Waals surface area contributed by atoms with Crippen molar-refractivity contribution in [3.8, 4) is 0 Å². The average Bonchev–Trinajstić information content (AvgIpc) is 3.20. The lowest BCUT2D eigenvalue weighted by Crippen LogP contribution is -2.22. The van der Waals surface area contributed by atoms with Gasteiger partial charge < -0.3 is 9.88 Å². The Kier molecular flexibility index (Phi) is 3.23. The molecule has 1 aromatic carbocycles. The zero-order valence-corrected chi connectivity index (χ0v) is 11.2. The number of imidazole rings is 1. The molecule has 1 unspecified atom stereocenters. The van der Waals surface area contributed by atoms with Crippen molar-refractivity contribution in [3.63, 3.8) is 0 Å². The van der Waals surface area contributed by atoms with Gasteiger partial charge in [-0.25, -0.2) is 4.98 Å². The van der Waals surface area contributed by atoms with E-state index in [1.165, 1.54) is 19.3 Å².